The van der Waals surface area contributed by atoms with E-state index in [1.165, 1.54) is 18.5 Å². The Labute approximate surface area is 223 Å². The van der Waals surface area contributed by atoms with Gasteiger partial charge in [-0.1, -0.05) is 23.7 Å². The zero-order valence-corrected chi connectivity index (χ0v) is 21.6. The van der Waals surface area contributed by atoms with Gasteiger partial charge in [0.05, 0.1) is 11.2 Å². The van der Waals surface area contributed by atoms with Crippen molar-refractivity contribution in [2.75, 3.05) is 36.0 Å². The second kappa shape index (κ2) is 9.34. The van der Waals surface area contributed by atoms with Crippen LogP contribution < -0.4 is 9.80 Å². The number of fused-ring (bicyclic) bond motifs is 1. The van der Waals surface area contributed by atoms with Gasteiger partial charge in [0.1, 0.15) is 23.3 Å². The highest BCUT2D eigenvalue weighted by Gasteiger charge is 2.28. The van der Waals surface area contributed by atoms with Crippen molar-refractivity contribution in [3.8, 4) is 11.1 Å². The van der Waals surface area contributed by atoms with E-state index < -0.39 is 5.60 Å². The number of aromatic nitrogens is 7. The van der Waals surface area contributed by atoms with E-state index in [0.717, 1.165) is 22.5 Å². The fourth-order valence-electron chi connectivity index (χ4n) is 4.75. The largest absolute Gasteiger partial charge is 0.381 e. The average Bonchev–Trinajstić information content (AvgIpc) is 3.52. The molecule has 38 heavy (non-hydrogen) atoms. The second-order valence-corrected chi connectivity index (χ2v) is 9.84. The molecule has 0 spiro atoms. The highest BCUT2D eigenvalue weighted by Crippen LogP contribution is 2.36. The van der Waals surface area contributed by atoms with E-state index in [2.05, 4.69) is 34.9 Å². The lowest BCUT2D eigenvalue weighted by atomic mass is 9.90. The Morgan fingerprint density at radius 3 is 2.24 bits per heavy atom. The molecule has 194 valence electrons. The van der Waals surface area contributed by atoms with Crippen LogP contribution in [-0.4, -0.2) is 65.6 Å². The Morgan fingerprint density at radius 1 is 0.895 bits per heavy atom. The van der Waals surface area contributed by atoms with Crippen LogP contribution in [0, 0.1) is 5.82 Å². The highest BCUT2D eigenvalue weighted by molar-refractivity contribution is 6.37. The van der Waals surface area contributed by atoms with Crippen molar-refractivity contribution in [2.45, 2.75) is 12.5 Å². The second-order valence-electron chi connectivity index (χ2n) is 9.46. The van der Waals surface area contributed by atoms with Crippen LogP contribution in [0.1, 0.15) is 18.1 Å². The van der Waals surface area contributed by atoms with E-state index in [4.69, 9.17) is 11.6 Å². The summed E-state index contributed by atoms with van der Waals surface area (Å²) in [7, 11) is 1.86. The number of hydrogen-bond acceptors (Lipinski definition) is 8. The molecule has 0 bridgehead atoms. The van der Waals surface area contributed by atoms with Gasteiger partial charge in [-0.3, -0.25) is 4.68 Å². The minimum absolute atomic E-state index is 0.355. The van der Waals surface area contributed by atoms with E-state index in [-0.39, 0.29) is 5.82 Å². The molecule has 0 saturated carbocycles. The summed E-state index contributed by atoms with van der Waals surface area (Å²) < 4.78 is 16.8. The maximum absolute atomic E-state index is 13.3. The van der Waals surface area contributed by atoms with Crippen LogP contribution in [0.25, 0.3) is 16.6 Å². The summed E-state index contributed by atoms with van der Waals surface area (Å²) in [5.41, 5.74) is 2.28. The lowest BCUT2D eigenvalue weighted by molar-refractivity contribution is 0.101. The Balaban J connectivity index is 1.19. The molecule has 1 aromatic carbocycles. The van der Waals surface area contributed by atoms with Crippen LogP contribution in [0.15, 0.2) is 61.6 Å². The molecule has 1 aliphatic heterocycles. The van der Waals surface area contributed by atoms with Gasteiger partial charge < -0.3 is 14.9 Å². The number of nitrogens with zero attached hydrogens (tertiary/aromatic N) is 9. The van der Waals surface area contributed by atoms with Crippen LogP contribution in [-0.2, 0) is 12.6 Å². The van der Waals surface area contributed by atoms with Gasteiger partial charge in [0.2, 0.25) is 5.95 Å². The number of piperazine rings is 1. The van der Waals surface area contributed by atoms with Crippen LogP contribution in [0.3, 0.4) is 0 Å². The molecule has 6 rings (SSSR count). The topological polar surface area (TPSA) is 101 Å². The Hall–Kier alpha value is -4.09. The summed E-state index contributed by atoms with van der Waals surface area (Å²) >= 11 is 6.82. The van der Waals surface area contributed by atoms with Gasteiger partial charge in [-0.05, 0) is 24.6 Å². The fourth-order valence-corrected chi connectivity index (χ4v) is 5.08. The van der Waals surface area contributed by atoms with Crippen molar-refractivity contribution in [2.24, 2.45) is 7.05 Å². The molecule has 1 saturated heterocycles. The predicted molar refractivity (Wildman–Crippen MR) is 142 cm³/mol. The zero-order valence-electron chi connectivity index (χ0n) is 20.8. The number of aliphatic hydroxyl groups is 1. The molecular formula is C26H25ClFN9O. The smallest absolute Gasteiger partial charge is 0.225 e. The van der Waals surface area contributed by atoms with Crippen molar-refractivity contribution < 1.29 is 9.50 Å². The summed E-state index contributed by atoms with van der Waals surface area (Å²) in [6, 6.07) is 5.77. The first-order chi connectivity index (χ1) is 18.3. The zero-order chi connectivity index (χ0) is 26.4. The van der Waals surface area contributed by atoms with Gasteiger partial charge in [-0.25, -0.2) is 23.9 Å². The van der Waals surface area contributed by atoms with Crippen molar-refractivity contribution in [1.29, 1.82) is 0 Å². The van der Waals surface area contributed by atoms with Gasteiger partial charge in [-0.2, -0.15) is 10.2 Å². The Morgan fingerprint density at radius 2 is 1.58 bits per heavy atom. The summed E-state index contributed by atoms with van der Waals surface area (Å²) in [4.78, 5) is 17.9. The average molecular weight is 534 g/mol. The molecule has 0 amide bonds. The Kier molecular flexibility index (Phi) is 5.96. The molecule has 1 aliphatic rings. The first kappa shape index (κ1) is 24.3. The molecular weight excluding hydrogens is 509 g/mol. The Bertz CT molecular complexity index is 1590. The van der Waals surface area contributed by atoms with Gasteiger partial charge in [0, 0.05) is 74.7 Å². The predicted octanol–water partition coefficient (Wildman–Crippen LogP) is 3.29. The van der Waals surface area contributed by atoms with Gasteiger partial charge in [-0.15, -0.1) is 0 Å². The molecule has 1 N–H and O–H groups in total. The third-order valence-corrected chi connectivity index (χ3v) is 7.36. The minimum Gasteiger partial charge on any atom is -0.381 e. The maximum atomic E-state index is 13.3. The molecule has 1 fully saturated rings. The summed E-state index contributed by atoms with van der Waals surface area (Å²) in [5.74, 6) is 0.994. The van der Waals surface area contributed by atoms with Crippen LogP contribution >= 0.6 is 11.6 Å². The number of benzene rings is 1. The van der Waals surface area contributed by atoms with Gasteiger partial charge in [0.15, 0.2) is 5.82 Å². The monoisotopic (exact) mass is 533 g/mol. The van der Waals surface area contributed by atoms with Crippen molar-refractivity contribution >= 4 is 28.9 Å². The molecule has 12 heteroatoms. The van der Waals surface area contributed by atoms with Gasteiger partial charge >= 0.3 is 0 Å². The number of hydrogen-bond donors (Lipinski definition) is 1. The third-order valence-electron chi connectivity index (χ3n) is 6.98. The van der Waals surface area contributed by atoms with Crippen LogP contribution in [0.2, 0.25) is 5.02 Å². The molecule has 0 unspecified atom stereocenters. The quantitative estimate of drug-likeness (QED) is 0.367. The standard InChI is InChI=1S/C26H25ClFN9O/c1-26(38,18-3-5-20(28)6-4-18)19-12-29-25(30-13-19)36-9-7-35(8-10-36)24-23-22(27)21(15-37(23)33-16-31-24)17-11-32-34(2)14-17/h3-6,11-16,38H,7-10H2,1-2H3/t26-/m1/s1. The van der Waals surface area contributed by atoms with Crippen LogP contribution in [0.5, 0.6) is 0 Å². The number of anilines is 2. The molecule has 5 heterocycles. The van der Waals surface area contributed by atoms with Crippen molar-refractivity contribution in [3.63, 3.8) is 0 Å². The molecule has 10 nitrogen and oxygen atoms in total. The summed E-state index contributed by atoms with van der Waals surface area (Å²) in [6.45, 7) is 4.38. The maximum Gasteiger partial charge on any atom is 0.225 e. The van der Waals surface area contributed by atoms with E-state index in [0.29, 0.717) is 48.3 Å². The minimum atomic E-state index is -1.34. The first-order valence-corrected chi connectivity index (χ1v) is 12.5. The molecule has 1 atom stereocenters. The van der Waals surface area contributed by atoms with E-state index >= 15 is 0 Å². The molecule has 4 aromatic heterocycles. The number of halogens is 2. The van der Waals surface area contributed by atoms with Crippen molar-refractivity contribution in [1.82, 2.24) is 34.3 Å². The lowest BCUT2D eigenvalue weighted by Gasteiger charge is -2.35. The van der Waals surface area contributed by atoms with E-state index in [1.54, 1.807) is 46.8 Å². The first-order valence-electron chi connectivity index (χ1n) is 12.1. The van der Waals surface area contributed by atoms with Crippen molar-refractivity contribution in [3.05, 3.63) is 83.5 Å². The summed E-state index contributed by atoms with van der Waals surface area (Å²) in [6.07, 6.45) is 10.4. The third kappa shape index (κ3) is 4.23. The fraction of sp³-hybridized carbons (Fsp3) is 0.269. The molecule has 5 aromatic rings. The van der Waals surface area contributed by atoms with Gasteiger partial charge in [0.25, 0.3) is 0 Å². The lowest BCUT2D eigenvalue weighted by Crippen LogP contribution is -2.47. The van der Waals surface area contributed by atoms with Crippen LogP contribution in [0.4, 0.5) is 16.2 Å². The van der Waals surface area contributed by atoms with E-state index in [1.807, 2.05) is 19.4 Å². The van der Waals surface area contributed by atoms with E-state index in [9.17, 15) is 9.50 Å². The molecule has 0 aliphatic carbocycles. The number of aryl methyl sites for hydroxylation is 1. The summed E-state index contributed by atoms with van der Waals surface area (Å²) in [5, 5.41) is 20.2. The highest BCUT2D eigenvalue weighted by atomic mass is 35.5. The molecule has 0 radical (unpaired) electrons. The number of rotatable bonds is 5. The SMILES string of the molecule is Cn1cc(-c2cn3ncnc(N4CCN(c5ncc([C@](C)(O)c6ccc(F)cc6)cn5)CC4)c3c2Cl)cn1. The normalized spacial score (nSPS) is 15.7.